The predicted octanol–water partition coefficient (Wildman–Crippen LogP) is 5.93. The number of carbonyl (C=O) groups excluding carboxylic acids is 1. The lowest BCUT2D eigenvalue weighted by molar-refractivity contribution is -0.119. The molecular formula is C37H33ClN8O3. The molecule has 1 atom stereocenters. The first kappa shape index (κ1) is 32.0. The number of aliphatic hydroxyl groups is 1. The van der Waals surface area contributed by atoms with E-state index in [4.69, 9.17) is 26.4 Å². The second-order valence-corrected chi connectivity index (χ2v) is 12.4. The highest BCUT2D eigenvalue weighted by molar-refractivity contribution is 6.36. The number of hydrogen-bond acceptors (Lipinski definition) is 9. The van der Waals surface area contributed by atoms with Crippen LogP contribution >= 0.6 is 11.6 Å². The number of fused-ring (bicyclic) bond motifs is 2. The average Bonchev–Trinajstić information content (AvgIpc) is 3.74. The standard InChI is InChI=1S/C37H33ClN8O3/c1-21-26(27-5-2-6-28(33(27)38)31-15-29-35(49-31)24(16-39)20-46(12-13-47)36(29)40)4-3-7-30(21)45-37-34-23(10-11-42-37)14-22(18-43-34)17-41-19-25-8-9-32(48)44-25/h2-7,10-11,14-15,18,20,25,40-41,47H,8-9,12-13,17,19H2,1H3,(H,42,45)(H,44,48)/t25-/m0/s1. The molecule has 1 amide bonds. The van der Waals surface area contributed by atoms with Gasteiger partial charge in [-0.1, -0.05) is 35.9 Å². The van der Waals surface area contributed by atoms with E-state index in [-0.39, 0.29) is 36.2 Å². The number of rotatable bonds is 10. The zero-order valence-electron chi connectivity index (χ0n) is 26.7. The summed E-state index contributed by atoms with van der Waals surface area (Å²) in [6.45, 7) is 3.41. The highest BCUT2D eigenvalue weighted by Crippen LogP contribution is 2.41. The Kier molecular flexibility index (Phi) is 8.84. The van der Waals surface area contributed by atoms with Crippen LogP contribution in [-0.2, 0) is 17.9 Å². The van der Waals surface area contributed by atoms with Crippen LogP contribution in [0.4, 0.5) is 11.5 Å². The van der Waals surface area contributed by atoms with Crippen molar-refractivity contribution >= 4 is 50.9 Å². The molecule has 4 aromatic heterocycles. The third-order valence-electron chi connectivity index (χ3n) is 8.87. The molecule has 0 aliphatic carbocycles. The zero-order valence-corrected chi connectivity index (χ0v) is 27.4. The molecule has 49 heavy (non-hydrogen) atoms. The maximum Gasteiger partial charge on any atom is 0.220 e. The predicted molar refractivity (Wildman–Crippen MR) is 188 cm³/mol. The lowest BCUT2D eigenvalue weighted by Crippen LogP contribution is -2.35. The van der Waals surface area contributed by atoms with Gasteiger partial charge in [-0.3, -0.25) is 15.2 Å². The highest BCUT2D eigenvalue weighted by Gasteiger charge is 2.21. The van der Waals surface area contributed by atoms with Crippen LogP contribution in [0.25, 0.3) is 44.3 Å². The van der Waals surface area contributed by atoms with E-state index in [1.165, 1.54) is 10.8 Å². The van der Waals surface area contributed by atoms with Gasteiger partial charge in [0.2, 0.25) is 5.91 Å². The first-order valence-electron chi connectivity index (χ1n) is 16.0. The molecule has 0 bridgehead atoms. The summed E-state index contributed by atoms with van der Waals surface area (Å²) in [5.74, 6) is 1.18. The second kappa shape index (κ2) is 13.5. The summed E-state index contributed by atoms with van der Waals surface area (Å²) < 4.78 is 7.67. The van der Waals surface area contributed by atoms with Crippen molar-refractivity contribution in [3.8, 4) is 28.5 Å². The molecule has 1 fully saturated rings. The Labute approximate surface area is 286 Å². The first-order chi connectivity index (χ1) is 23.8. The number of aliphatic hydroxyl groups excluding tert-OH is 1. The zero-order chi connectivity index (χ0) is 34.1. The third kappa shape index (κ3) is 6.25. The van der Waals surface area contributed by atoms with Crippen LogP contribution in [0.3, 0.4) is 0 Å². The Morgan fingerprint density at radius 1 is 1.16 bits per heavy atom. The number of amides is 1. The number of furan rings is 1. The molecule has 11 nitrogen and oxygen atoms in total. The van der Waals surface area contributed by atoms with Gasteiger partial charge in [-0.25, -0.2) is 4.98 Å². The number of nitriles is 1. The Hall–Kier alpha value is -5.54. The quantitative estimate of drug-likeness (QED) is 0.120. The van der Waals surface area contributed by atoms with Crippen molar-refractivity contribution < 1.29 is 14.3 Å². The number of benzene rings is 2. The van der Waals surface area contributed by atoms with E-state index in [2.05, 4.69) is 33.1 Å². The topological polar surface area (TPSA) is 165 Å². The van der Waals surface area contributed by atoms with Gasteiger partial charge in [0.25, 0.3) is 0 Å². The molecule has 0 radical (unpaired) electrons. The van der Waals surface area contributed by atoms with E-state index in [9.17, 15) is 15.2 Å². The van der Waals surface area contributed by atoms with Crippen molar-refractivity contribution in [3.63, 3.8) is 0 Å². The summed E-state index contributed by atoms with van der Waals surface area (Å²) in [6, 6.07) is 19.7. The average molecular weight is 673 g/mol. The smallest absolute Gasteiger partial charge is 0.220 e. The normalized spacial score (nSPS) is 14.3. The van der Waals surface area contributed by atoms with Crippen LogP contribution in [-0.4, -0.2) is 44.7 Å². The van der Waals surface area contributed by atoms with Crippen molar-refractivity contribution in [1.29, 1.82) is 10.7 Å². The summed E-state index contributed by atoms with van der Waals surface area (Å²) in [5, 5.41) is 39.6. The molecule has 0 saturated carbocycles. The van der Waals surface area contributed by atoms with Gasteiger partial charge >= 0.3 is 0 Å². The summed E-state index contributed by atoms with van der Waals surface area (Å²) in [5.41, 5.74) is 6.63. The lowest BCUT2D eigenvalue weighted by atomic mass is 9.96. The van der Waals surface area contributed by atoms with E-state index in [0.717, 1.165) is 45.3 Å². The van der Waals surface area contributed by atoms with E-state index in [1.807, 2.05) is 55.6 Å². The third-order valence-corrected chi connectivity index (χ3v) is 9.27. The molecule has 2 aromatic carbocycles. The summed E-state index contributed by atoms with van der Waals surface area (Å²) in [4.78, 5) is 20.8. The number of nitrogens with zero attached hydrogens (tertiary/aromatic N) is 4. The minimum atomic E-state index is -0.158. The Balaban J connectivity index is 1.16. The number of nitrogens with one attached hydrogen (secondary N) is 4. The van der Waals surface area contributed by atoms with Crippen molar-refractivity contribution in [2.24, 2.45) is 0 Å². The number of aromatic nitrogens is 3. The molecule has 7 rings (SSSR count). The van der Waals surface area contributed by atoms with Gasteiger partial charge in [-0.05, 0) is 60.4 Å². The van der Waals surface area contributed by atoms with Crippen molar-refractivity contribution in [2.45, 2.75) is 38.9 Å². The van der Waals surface area contributed by atoms with Gasteiger partial charge in [-0.15, -0.1) is 0 Å². The van der Waals surface area contributed by atoms with E-state index in [0.29, 0.717) is 52.6 Å². The molecule has 5 N–H and O–H groups in total. The Morgan fingerprint density at radius 3 is 2.78 bits per heavy atom. The fourth-order valence-corrected chi connectivity index (χ4v) is 6.65. The number of carbonyl (C=O) groups is 1. The van der Waals surface area contributed by atoms with Crippen LogP contribution in [0, 0.1) is 23.7 Å². The van der Waals surface area contributed by atoms with Crippen LogP contribution in [0.1, 0.15) is 29.5 Å². The number of halogens is 1. The van der Waals surface area contributed by atoms with Gasteiger partial charge in [-0.2, -0.15) is 5.26 Å². The summed E-state index contributed by atoms with van der Waals surface area (Å²) in [6.07, 6.45) is 6.56. The molecule has 5 heterocycles. The maximum atomic E-state index is 11.5. The van der Waals surface area contributed by atoms with Gasteiger partial charge in [0.15, 0.2) is 11.4 Å². The van der Waals surface area contributed by atoms with Crippen molar-refractivity contribution in [2.75, 3.05) is 18.5 Å². The molecular weight excluding hydrogens is 640 g/mol. The summed E-state index contributed by atoms with van der Waals surface area (Å²) in [7, 11) is 0. The Bertz CT molecular complexity index is 2340. The van der Waals surface area contributed by atoms with E-state index in [1.54, 1.807) is 12.3 Å². The van der Waals surface area contributed by atoms with Gasteiger partial charge < -0.3 is 30.0 Å². The molecule has 1 aliphatic rings. The van der Waals surface area contributed by atoms with E-state index >= 15 is 0 Å². The largest absolute Gasteiger partial charge is 0.454 e. The monoisotopic (exact) mass is 672 g/mol. The molecule has 1 aliphatic heterocycles. The fourth-order valence-electron chi connectivity index (χ4n) is 6.33. The van der Waals surface area contributed by atoms with Crippen LogP contribution in [0.2, 0.25) is 5.02 Å². The van der Waals surface area contributed by atoms with Gasteiger partial charge in [0.1, 0.15) is 28.4 Å². The van der Waals surface area contributed by atoms with Gasteiger partial charge in [0.05, 0.1) is 17.0 Å². The molecule has 0 spiro atoms. The Morgan fingerprint density at radius 2 is 1.98 bits per heavy atom. The SMILES string of the molecule is Cc1c(Nc2nccc3cc(CNC[C@@H]4CCC(=O)N4)cnc23)cccc1-c1cccc(-c2cc3c(=N)n(CCO)cc(C#N)c3o2)c1Cl. The highest BCUT2D eigenvalue weighted by atomic mass is 35.5. The van der Waals surface area contributed by atoms with Crippen molar-refractivity contribution in [1.82, 2.24) is 25.2 Å². The van der Waals surface area contributed by atoms with E-state index < -0.39 is 0 Å². The van der Waals surface area contributed by atoms with Crippen LogP contribution in [0.5, 0.6) is 0 Å². The first-order valence-corrected chi connectivity index (χ1v) is 16.3. The van der Waals surface area contributed by atoms with Crippen molar-refractivity contribution in [3.05, 3.63) is 100 Å². The molecule has 12 heteroatoms. The minimum Gasteiger partial charge on any atom is -0.454 e. The molecule has 1 saturated heterocycles. The minimum absolute atomic E-state index is 0.111. The second-order valence-electron chi connectivity index (χ2n) is 12.1. The van der Waals surface area contributed by atoms with Gasteiger partial charge in [0, 0.05) is 72.9 Å². The van der Waals surface area contributed by atoms with Crippen LogP contribution in [0.15, 0.2) is 77.6 Å². The number of anilines is 2. The van der Waals surface area contributed by atoms with Crippen LogP contribution < -0.4 is 21.4 Å². The molecule has 6 aromatic rings. The molecule has 246 valence electrons. The maximum absolute atomic E-state index is 11.5. The fraction of sp³-hybridized carbons (Fsp3) is 0.216. The number of pyridine rings is 3. The summed E-state index contributed by atoms with van der Waals surface area (Å²) >= 11 is 7.08. The molecule has 0 unspecified atom stereocenters. The lowest BCUT2D eigenvalue weighted by Gasteiger charge is -2.16. The number of hydrogen-bond donors (Lipinski definition) is 5.